The Labute approximate surface area is 108 Å². The number of rotatable bonds is 2. The summed E-state index contributed by atoms with van der Waals surface area (Å²) < 4.78 is 13.7. The summed E-state index contributed by atoms with van der Waals surface area (Å²) in [7, 11) is 0. The molecule has 0 spiro atoms. The van der Waals surface area contributed by atoms with E-state index in [1.165, 1.54) is 12.1 Å². The second-order valence-corrected chi connectivity index (χ2v) is 5.03. The molecule has 1 unspecified atom stereocenters. The number of halogens is 2. The lowest BCUT2D eigenvalue weighted by Gasteiger charge is -2.32. The highest BCUT2D eigenvalue weighted by Crippen LogP contribution is 2.21. The van der Waals surface area contributed by atoms with Crippen LogP contribution in [-0.4, -0.2) is 29.9 Å². The third kappa shape index (κ3) is 2.84. The first kappa shape index (κ1) is 12.5. The molecular formula is C12H14BrFN2O. The van der Waals surface area contributed by atoms with Crippen LogP contribution in [0.2, 0.25) is 0 Å². The Morgan fingerprint density at radius 1 is 1.59 bits per heavy atom. The zero-order chi connectivity index (χ0) is 12.4. The minimum absolute atomic E-state index is 0.0504. The van der Waals surface area contributed by atoms with Crippen LogP contribution in [0.4, 0.5) is 4.39 Å². The zero-order valence-electron chi connectivity index (χ0n) is 9.54. The van der Waals surface area contributed by atoms with Gasteiger partial charge in [-0.25, -0.2) is 4.39 Å². The molecule has 1 aromatic rings. The van der Waals surface area contributed by atoms with Gasteiger partial charge in [-0.1, -0.05) is 22.0 Å². The van der Waals surface area contributed by atoms with Crippen molar-refractivity contribution >= 4 is 21.8 Å². The Kier molecular flexibility index (Phi) is 3.79. The van der Waals surface area contributed by atoms with Crippen LogP contribution in [0, 0.1) is 5.82 Å². The largest absolute Gasteiger partial charge is 0.353 e. The number of carbonyl (C=O) groups is 1. The number of hydrogen-bond donors (Lipinski definition) is 1. The van der Waals surface area contributed by atoms with Crippen molar-refractivity contribution in [1.29, 1.82) is 0 Å². The molecule has 3 nitrogen and oxygen atoms in total. The molecule has 0 aromatic heterocycles. The summed E-state index contributed by atoms with van der Waals surface area (Å²) in [4.78, 5) is 13.6. The van der Waals surface area contributed by atoms with Crippen LogP contribution in [0.5, 0.6) is 0 Å². The van der Waals surface area contributed by atoms with Gasteiger partial charge in [-0.2, -0.15) is 0 Å². The quantitative estimate of drug-likeness (QED) is 0.905. The maximum atomic E-state index is 13.0. The normalized spacial score (nSPS) is 21.4. The summed E-state index contributed by atoms with van der Waals surface area (Å²) in [6, 6.07) is 4.50. The molecule has 1 fully saturated rings. The molecule has 17 heavy (non-hydrogen) atoms. The van der Waals surface area contributed by atoms with Gasteiger partial charge in [-0.3, -0.25) is 9.69 Å². The molecule has 2 rings (SSSR count). The smallest absolute Gasteiger partial charge is 0.237 e. The second kappa shape index (κ2) is 5.14. The molecule has 1 saturated heterocycles. The maximum absolute atomic E-state index is 13.0. The van der Waals surface area contributed by atoms with E-state index in [1.807, 2.05) is 6.92 Å². The van der Waals surface area contributed by atoms with Gasteiger partial charge in [0.25, 0.3) is 0 Å². The van der Waals surface area contributed by atoms with E-state index in [0.717, 1.165) is 16.6 Å². The van der Waals surface area contributed by atoms with E-state index in [1.54, 1.807) is 6.07 Å². The van der Waals surface area contributed by atoms with Crippen molar-refractivity contribution in [3.63, 3.8) is 0 Å². The van der Waals surface area contributed by atoms with E-state index in [0.29, 0.717) is 13.1 Å². The van der Waals surface area contributed by atoms with E-state index in [-0.39, 0.29) is 17.8 Å². The number of carbonyl (C=O) groups excluding carboxylic acids is 1. The van der Waals surface area contributed by atoms with Crippen LogP contribution < -0.4 is 5.32 Å². The summed E-state index contributed by atoms with van der Waals surface area (Å²) in [5.74, 6) is -0.209. The first-order valence-electron chi connectivity index (χ1n) is 5.53. The molecule has 0 radical (unpaired) electrons. The molecule has 1 atom stereocenters. The minimum Gasteiger partial charge on any atom is -0.353 e. The minimum atomic E-state index is -0.259. The van der Waals surface area contributed by atoms with Crippen LogP contribution in [0.15, 0.2) is 22.7 Å². The summed E-state index contributed by atoms with van der Waals surface area (Å²) >= 11 is 3.34. The van der Waals surface area contributed by atoms with Crippen molar-refractivity contribution in [2.75, 3.05) is 13.1 Å². The zero-order valence-corrected chi connectivity index (χ0v) is 11.1. The Hall–Kier alpha value is -0.940. The lowest BCUT2D eigenvalue weighted by Crippen LogP contribution is -2.53. The highest BCUT2D eigenvalue weighted by atomic mass is 79.9. The van der Waals surface area contributed by atoms with Gasteiger partial charge in [-0.15, -0.1) is 0 Å². The van der Waals surface area contributed by atoms with Gasteiger partial charge in [0, 0.05) is 24.1 Å². The van der Waals surface area contributed by atoms with Gasteiger partial charge in [0.05, 0.1) is 6.04 Å². The molecule has 1 heterocycles. The molecule has 1 amide bonds. The SMILES string of the molecule is CC1C(=O)NCCN1Cc1ccc(F)cc1Br. The van der Waals surface area contributed by atoms with Gasteiger partial charge < -0.3 is 5.32 Å². The van der Waals surface area contributed by atoms with Crippen LogP contribution >= 0.6 is 15.9 Å². The first-order chi connectivity index (χ1) is 8.08. The molecule has 1 aromatic carbocycles. The fourth-order valence-corrected chi connectivity index (χ4v) is 2.39. The average Bonchev–Trinajstić information content (AvgIpc) is 2.28. The Morgan fingerprint density at radius 2 is 2.35 bits per heavy atom. The summed E-state index contributed by atoms with van der Waals surface area (Å²) in [5, 5.41) is 2.82. The molecule has 5 heteroatoms. The van der Waals surface area contributed by atoms with Crippen molar-refractivity contribution in [1.82, 2.24) is 10.2 Å². The summed E-state index contributed by atoms with van der Waals surface area (Å²) in [5.41, 5.74) is 0.993. The van der Waals surface area contributed by atoms with Crippen LogP contribution in [-0.2, 0) is 11.3 Å². The summed E-state index contributed by atoms with van der Waals surface area (Å²) in [6.07, 6.45) is 0. The van der Waals surface area contributed by atoms with E-state index >= 15 is 0 Å². The maximum Gasteiger partial charge on any atom is 0.237 e. The molecule has 0 aliphatic carbocycles. The van der Waals surface area contributed by atoms with Gasteiger partial charge in [0.15, 0.2) is 0 Å². The molecule has 0 saturated carbocycles. The second-order valence-electron chi connectivity index (χ2n) is 4.17. The monoisotopic (exact) mass is 300 g/mol. The molecule has 1 aliphatic rings. The van der Waals surface area contributed by atoms with Gasteiger partial charge in [0.1, 0.15) is 5.82 Å². The molecular weight excluding hydrogens is 287 g/mol. The highest BCUT2D eigenvalue weighted by Gasteiger charge is 2.25. The summed E-state index contributed by atoms with van der Waals surface area (Å²) in [6.45, 7) is 4.01. The van der Waals surface area contributed by atoms with Crippen molar-refractivity contribution in [2.24, 2.45) is 0 Å². The third-order valence-electron chi connectivity index (χ3n) is 3.01. The van der Waals surface area contributed by atoms with Crippen molar-refractivity contribution < 1.29 is 9.18 Å². The van der Waals surface area contributed by atoms with E-state index < -0.39 is 0 Å². The number of nitrogens with one attached hydrogen (secondary N) is 1. The fraction of sp³-hybridized carbons (Fsp3) is 0.417. The van der Waals surface area contributed by atoms with Gasteiger partial charge >= 0.3 is 0 Å². The molecule has 1 N–H and O–H groups in total. The van der Waals surface area contributed by atoms with Crippen molar-refractivity contribution in [2.45, 2.75) is 19.5 Å². The predicted octanol–water partition coefficient (Wildman–Crippen LogP) is 1.91. The number of benzene rings is 1. The van der Waals surface area contributed by atoms with Crippen LogP contribution in [0.25, 0.3) is 0 Å². The lowest BCUT2D eigenvalue weighted by molar-refractivity contribution is -0.128. The molecule has 0 bridgehead atoms. The highest BCUT2D eigenvalue weighted by molar-refractivity contribution is 9.10. The topological polar surface area (TPSA) is 32.3 Å². The van der Waals surface area contributed by atoms with Crippen LogP contribution in [0.3, 0.4) is 0 Å². The average molecular weight is 301 g/mol. The Morgan fingerprint density at radius 3 is 3.06 bits per heavy atom. The first-order valence-corrected chi connectivity index (χ1v) is 6.33. The van der Waals surface area contributed by atoms with Gasteiger partial charge in [0.2, 0.25) is 5.91 Å². The third-order valence-corrected chi connectivity index (χ3v) is 3.75. The fourth-order valence-electron chi connectivity index (χ4n) is 1.91. The lowest BCUT2D eigenvalue weighted by atomic mass is 10.1. The number of hydrogen-bond acceptors (Lipinski definition) is 2. The van der Waals surface area contributed by atoms with Gasteiger partial charge in [-0.05, 0) is 24.6 Å². The number of nitrogens with zero attached hydrogens (tertiary/aromatic N) is 1. The van der Waals surface area contributed by atoms with Crippen molar-refractivity contribution in [3.05, 3.63) is 34.1 Å². The van der Waals surface area contributed by atoms with E-state index in [4.69, 9.17) is 0 Å². The van der Waals surface area contributed by atoms with E-state index in [9.17, 15) is 9.18 Å². The van der Waals surface area contributed by atoms with E-state index in [2.05, 4.69) is 26.1 Å². The van der Waals surface area contributed by atoms with Crippen molar-refractivity contribution in [3.8, 4) is 0 Å². The number of amides is 1. The molecule has 92 valence electrons. The standard InChI is InChI=1S/C12H14BrFN2O/c1-8-12(17)15-4-5-16(8)7-9-2-3-10(14)6-11(9)13/h2-3,6,8H,4-5,7H2,1H3,(H,15,17). The molecule has 1 aliphatic heterocycles. The predicted molar refractivity (Wildman–Crippen MR) is 67.0 cm³/mol. The van der Waals surface area contributed by atoms with Crippen LogP contribution in [0.1, 0.15) is 12.5 Å². The Bertz CT molecular complexity index is 439. The number of piperazine rings is 1. The Balaban J connectivity index is 2.12.